The number of nitrogens with one attached hydrogen (secondary N) is 1. The molecule has 0 fully saturated rings. The second kappa shape index (κ2) is 6.81. The number of allylic oxidation sites excluding steroid dienone is 2. The number of para-hydroxylation sites is 1. The Morgan fingerprint density at radius 3 is 2.23 bits per heavy atom. The smallest absolute Gasteiger partial charge is 0.256 e. The van der Waals surface area contributed by atoms with E-state index in [-0.39, 0.29) is 11.6 Å². The summed E-state index contributed by atoms with van der Waals surface area (Å²) in [5.74, 6) is -0.771. The highest BCUT2D eigenvalue weighted by Crippen LogP contribution is 2.37. The van der Waals surface area contributed by atoms with Crippen molar-refractivity contribution < 1.29 is 9.18 Å². The second-order valence-corrected chi connectivity index (χ2v) is 6.05. The van der Waals surface area contributed by atoms with Crippen LogP contribution < -0.4 is 5.32 Å². The van der Waals surface area contributed by atoms with Crippen LogP contribution in [0.2, 0.25) is 0 Å². The number of carbonyl (C=O) groups excluding carboxylic acids is 1. The van der Waals surface area contributed by atoms with E-state index in [1.54, 1.807) is 18.2 Å². The van der Waals surface area contributed by atoms with Gasteiger partial charge in [0.25, 0.3) is 5.91 Å². The summed E-state index contributed by atoms with van der Waals surface area (Å²) < 4.78 is 13.9. The lowest BCUT2D eigenvalue weighted by atomic mass is 10.0. The summed E-state index contributed by atoms with van der Waals surface area (Å²) in [5, 5.41) is 2.67. The Kier molecular flexibility index (Phi) is 4.20. The minimum absolute atomic E-state index is 0.177. The molecule has 1 aliphatic rings. The van der Waals surface area contributed by atoms with Gasteiger partial charge in [0.2, 0.25) is 0 Å². The van der Waals surface area contributed by atoms with E-state index in [0.717, 1.165) is 22.3 Å². The Hall–Kier alpha value is -3.46. The summed E-state index contributed by atoms with van der Waals surface area (Å²) in [4.78, 5) is 12.8. The summed E-state index contributed by atoms with van der Waals surface area (Å²) >= 11 is 0. The minimum Gasteiger partial charge on any atom is -0.319 e. The van der Waals surface area contributed by atoms with Crippen LogP contribution in [0.25, 0.3) is 17.2 Å². The van der Waals surface area contributed by atoms with E-state index in [1.165, 1.54) is 6.07 Å². The Bertz CT molecular complexity index is 1030. The summed E-state index contributed by atoms with van der Waals surface area (Å²) in [6.45, 7) is 0. The van der Waals surface area contributed by atoms with E-state index < -0.39 is 5.82 Å². The van der Waals surface area contributed by atoms with Gasteiger partial charge >= 0.3 is 0 Å². The molecule has 0 radical (unpaired) electrons. The maximum absolute atomic E-state index is 13.9. The molecule has 0 heterocycles. The van der Waals surface area contributed by atoms with Crippen molar-refractivity contribution >= 4 is 28.8 Å². The molecule has 0 spiro atoms. The van der Waals surface area contributed by atoms with Crippen LogP contribution in [-0.4, -0.2) is 5.91 Å². The number of hydrogen-bond donors (Lipinski definition) is 1. The number of halogens is 1. The third-order valence-corrected chi connectivity index (χ3v) is 4.32. The van der Waals surface area contributed by atoms with Crippen LogP contribution in [0.4, 0.5) is 10.1 Å². The van der Waals surface area contributed by atoms with Crippen molar-refractivity contribution in [2.75, 3.05) is 5.32 Å². The van der Waals surface area contributed by atoms with E-state index in [1.807, 2.05) is 66.7 Å². The molecule has 1 amide bonds. The molecule has 3 heteroatoms. The number of benzene rings is 3. The van der Waals surface area contributed by atoms with Crippen LogP contribution in [0.3, 0.4) is 0 Å². The molecule has 126 valence electrons. The Labute approximate surface area is 151 Å². The second-order valence-electron chi connectivity index (χ2n) is 6.05. The summed E-state index contributed by atoms with van der Waals surface area (Å²) in [6.07, 6.45) is 3.90. The lowest BCUT2D eigenvalue weighted by Gasteiger charge is -2.08. The Balaban J connectivity index is 1.72. The zero-order valence-electron chi connectivity index (χ0n) is 13.9. The molecule has 0 saturated heterocycles. The minimum atomic E-state index is -0.451. The maximum Gasteiger partial charge on any atom is 0.256 e. The van der Waals surface area contributed by atoms with Crippen molar-refractivity contribution in [1.29, 1.82) is 0 Å². The van der Waals surface area contributed by atoms with Crippen LogP contribution >= 0.6 is 0 Å². The first-order chi connectivity index (χ1) is 12.7. The van der Waals surface area contributed by atoms with Crippen LogP contribution in [0.5, 0.6) is 0 Å². The standard InChI is InChI=1S/C23H16FNO/c24-21-12-6-7-13-22(21)25-23(26)20-15-17(14-16-8-2-1-3-9-16)18-10-4-5-11-19(18)20/h1-15H,(H,25,26)/b17-14+. The predicted octanol–water partition coefficient (Wildman–Crippen LogP) is 5.40. The number of hydrogen-bond acceptors (Lipinski definition) is 1. The quantitative estimate of drug-likeness (QED) is 0.679. The van der Waals surface area contributed by atoms with Crippen molar-refractivity contribution in [2.45, 2.75) is 0 Å². The average molecular weight is 341 g/mol. The first-order valence-corrected chi connectivity index (χ1v) is 8.36. The molecule has 0 atom stereocenters. The highest BCUT2D eigenvalue weighted by Gasteiger charge is 2.23. The zero-order chi connectivity index (χ0) is 17.9. The molecule has 1 N–H and O–H groups in total. The van der Waals surface area contributed by atoms with Gasteiger partial charge in [-0.05, 0) is 46.5 Å². The van der Waals surface area contributed by atoms with Crippen molar-refractivity contribution in [1.82, 2.24) is 0 Å². The van der Waals surface area contributed by atoms with Gasteiger partial charge in [0.05, 0.1) is 5.69 Å². The van der Waals surface area contributed by atoms with Crippen molar-refractivity contribution in [3.05, 3.63) is 107 Å². The van der Waals surface area contributed by atoms with Crippen molar-refractivity contribution in [2.24, 2.45) is 0 Å². The monoisotopic (exact) mass is 341 g/mol. The number of fused-ring (bicyclic) bond motifs is 1. The number of amides is 1. The lowest BCUT2D eigenvalue weighted by Crippen LogP contribution is -2.13. The molecule has 3 aromatic rings. The molecule has 4 rings (SSSR count). The van der Waals surface area contributed by atoms with Gasteiger partial charge in [0.15, 0.2) is 0 Å². The topological polar surface area (TPSA) is 29.1 Å². The van der Waals surface area contributed by atoms with Gasteiger partial charge < -0.3 is 5.32 Å². The number of carbonyl (C=O) groups is 1. The van der Waals surface area contributed by atoms with Crippen molar-refractivity contribution in [3.63, 3.8) is 0 Å². The zero-order valence-corrected chi connectivity index (χ0v) is 13.9. The first-order valence-electron chi connectivity index (χ1n) is 8.36. The summed E-state index contributed by atoms with van der Waals surface area (Å²) in [7, 11) is 0. The Morgan fingerprint density at radius 1 is 0.808 bits per heavy atom. The molecule has 0 unspecified atom stereocenters. The molecule has 2 nitrogen and oxygen atoms in total. The first kappa shape index (κ1) is 16.0. The third-order valence-electron chi connectivity index (χ3n) is 4.32. The molecule has 0 bridgehead atoms. The van der Waals surface area contributed by atoms with Crippen molar-refractivity contribution in [3.8, 4) is 0 Å². The van der Waals surface area contributed by atoms with Gasteiger partial charge in [-0.3, -0.25) is 4.79 Å². The molecular formula is C23H16FNO. The third kappa shape index (κ3) is 3.07. The summed E-state index contributed by atoms with van der Waals surface area (Å²) in [5.41, 5.74) is 4.58. The van der Waals surface area contributed by atoms with Gasteiger partial charge in [0.1, 0.15) is 5.82 Å². The van der Waals surface area contributed by atoms with Gasteiger partial charge in [-0.1, -0.05) is 66.7 Å². The molecular weight excluding hydrogens is 325 g/mol. The average Bonchev–Trinajstić information content (AvgIpc) is 3.03. The van der Waals surface area contributed by atoms with Gasteiger partial charge in [0, 0.05) is 5.57 Å². The summed E-state index contributed by atoms with van der Waals surface area (Å²) in [6, 6.07) is 23.9. The molecule has 0 aromatic heterocycles. The van der Waals surface area contributed by atoms with Crippen LogP contribution in [-0.2, 0) is 4.79 Å². The van der Waals surface area contributed by atoms with Gasteiger partial charge in [-0.25, -0.2) is 4.39 Å². The SMILES string of the molecule is O=C(Nc1ccccc1F)C1=C/C(=C\c2ccccc2)c2ccccc21. The molecule has 0 saturated carbocycles. The highest BCUT2D eigenvalue weighted by molar-refractivity contribution is 6.30. The fourth-order valence-electron chi connectivity index (χ4n) is 3.07. The fraction of sp³-hybridized carbons (Fsp3) is 0. The highest BCUT2D eigenvalue weighted by atomic mass is 19.1. The normalized spacial score (nSPS) is 14.0. The van der Waals surface area contributed by atoms with E-state index >= 15 is 0 Å². The Morgan fingerprint density at radius 2 is 1.46 bits per heavy atom. The van der Waals surface area contributed by atoms with E-state index in [0.29, 0.717) is 5.57 Å². The number of anilines is 1. The molecule has 26 heavy (non-hydrogen) atoms. The van der Waals surface area contributed by atoms with E-state index in [2.05, 4.69) is 5.32 Å². The largest absolute Gasteiger partial charge is 0.319 e. The molecule has 0 aliphatic heterocycles. The molecule has 3 aromatic carbocycles. The van der Waals surface area contributed by atoms with Crippen LogP contribution in [0, 0.1) is 5.82 Å². The molecule has 1 aliphatic carbocycles. The van der Waals surface area contributed by atoms with Gasteiger partial charge in [-0.15, -0.1) is 0 Å². The predicted molar refractivity (Wildman–Crippen MR) is 104 cm³/mol. The van der Waals surface area contributed by atoms with Gasteiger partial charge in [-0.2, -0.15) is 0 Å². The van der Waals surface area contributed by atoms with E-state index in [4.69, 9.17) is 0 Å². The van der Waals surface area contributed by atoms with Crippen LogP contribution in [0.1, 0.15) is 16.7 Å². The number of rotatable bonds is 3. The lowest BCUT2D eigenvalue weighted by molar-refractivity contribution is -0.111. The maximum atomic E-state index is 13.9. The van der Waals surface area contributed by atoms with Crippen LogP contribution in [0.15, 0.2) is 84.9 Å². The van der Waals surface area contributed by atoms with E-state index in [9.17, 15) is 9.18 Å². The fourth-order valence-corrected chi connectivity index (χ4v) is 3.07.